The molecule has 0 aliphatic rings. The summed E-state index contributed by atoms with van der Waals surface area (Å²) in [5, 5.41) is 7.30. The van der Waals surface area contributed by atoms with Crippen LogP contribution in [0.25, 0.3) is 0 Å². The van der Waals surface area contributed by atoms with Crippen molar-refractivity contribution in [2.45, 2.75) is 51.9 Å². The third-order valence-corrected chi connectivity index (χ3v) is 3.73. The van der Waals surface area contributed by atoms with E-state index in [1.807, 2.05) is 0 Å². The van der Waals surface area contributed by atoms with Crippen LogP contribution in [0.1, 0.15) is 53.8 Å². The average Bonchev–Trinajstić information content (AvgIpc) is 2.52. The molecule has 0 saturated heterocycles. The van der Waals surface area contributed by atoms with Crippen molar-refractivity contribution in [3.8, 4) is 0 Å². The predicted molar refractivity (Wildman–Crippen MR) is 80.3 cm³/mol. The third-order valence-electron chi connectivity index (χ3n) is 3.73. The maximum absolute atomic E-state index is 13.2. The fraction of sp³-hybridized carbons (Fsp3) is 0.500. The number of rotatable bonds is 4. The molecule has 2 heterocycles. The van der Waals surface area contributed by atoms with Gasteiger partial charge in [-0.25, -0.2) is 4.98 Å². The highest BCUT2D eigenvalue weighted by Gasteiger charge is 2.37. The van der Waals surface area contributed by atoms with Gasteiger partial charge in [-0.05, 0) is 25.8 Å². The molecule has 26 heavy (non-hydrogen) atoms. The van der Waals surface area contributed by atoms with Crippen LogP contribution in [0.4, 0.5) is 26.3 Å². The van der Waals surface area contributed by atoms with Crippen molar-refractivity contribution in [2.24, 2.45) is 0 Å². The van der Waals surface area contributed by atoms with Gasteiger partial charge in [-0.1, -0.05) is 13.8 Å². The summed E-state index contributed by atoms with van der Waals surface area (Å²) >= 11 is 0. The Morgan fingerprint density at radius 2 is 1.69 bits per heavy atom. The van der Waals surface area contributed by atoms with Crippen molar-refractivity contribution >= 4 is 0 Å². The molecular formula is C16H16F6N4. The van der Waals surface area contributed by atoms with Crippen LogP contribution in [-0.2, 0) is 25.2 Å². The molecule has 2 aromatic rings. The Kier molecular flexibility index (Phi) is 5.52. The number of hydrogen-bond donors (Lipinski definition) is 0. The van der Waals surface area contributed by atoms with Crippen molar-refractivity contribution in [1.82, 2.24) is 20.2 Å². The Morgan fingerprint density at radius 1 is 1.04 bits per heavy atom. The van der Waals surface area contributed by atoms with Crippen LogP contribution in [-0.4, -0.2) is 20.2 Å². The molecule has 2 aromatic heterocycles. The van der Waals surface area contributed by atoms with E-state index < -0.39 is 29.5 Å². The lowest BCUT2D eigenvalue weighted by atomic mass is 9.97. The quantitative estimate of drug-likeness (QED) is 0.734. The lowest BCUT2D eigenvalue weighted by Crippen LogP contribution is -2.17. The fourth-order valence-electron chi connectivity index (χ4n) is 2.55. The monoisotopic (exact) mass is 378 g/mol. The zero-order chi connectivity index (χ0) is 19.7. The third kappa shape index (κ3) is 4.47. The highest BCUT2D eigenvalue weighted by molar-refractivity contribution is 5.28. The fourth-order valence-corrected chi connectivity index (χ4v) is 2.55. The molecule has 0 amide bonds. The summed E-state index contributed by atoms with van der Waals surface area (Å²) in [4.78, 5) is 7.33. The molecule has 2 rings (SSSR count). The smallest absolute Gasteiger partial charge is 0.254 e. The molecule has 0 radical (unpaired) electrons. The van der Waals surface area contributed by atoms with E-state index in [9.17, 15) is 26.3 Å². The number of aryl methyl sites for hydroxylation is 2. The molecule has 4 nitrogen and oxygen atoms in total. The first-order valence-corrected chi connectivity index (χ1v) is 7.76. The number of alkyl halides is 6. The second-order valence-corrected chi connectivity index (χ2v) is 5.90. The summed E-state index contributed by atoms with van der Waals surface area (Å²) in [5.74, 6) is -0.754. The maximum Gasteiger partial charge on any atom is 0.435 e. The van der Waals surface area contributed by atoms with Gasteiger partial charge >= 0.3 is 12.4 Å². The SMILES string of the molecule is CCc1nc(CC(C)c2nnc(C)cc2C(F)(F)F)cnc1C(F)(F)F. The van der Waals surface area contributed by atoms with Crippen molar-refractivity contribution < 1.29 is 26.3 Å². The molecule has 1 atom stereocenters. The van der Waals surface area contributed by atoms with Crippen LogP contribution < -0.4 is 0 Å². The summed E-state index contributed by atoms with van der Waals surface area (Å²) in [6.45, 7) is 4.38. The van der Waals surface area contributed by atoms with Gasteiger partial charge < -0.3 is 0 Å². The standard InChI is InChI=1S/C16H16F6N4/c1-4-12-14(16(20,21)22)23-7-10(24-12)5-8(2)13-11(15(17,18)19)6-9(3)25-26-13/h6-8H,4-5H2,1-3H3. The van der Waals surface area contributed by atoms with Gasteiger partial charge in [-0.2, -0.15) is 36.5 Å². The molecule has 0 saturated carbocycles. The highest BCUT2D eigenvalue weighted by Crippen LogP contribution is 2.35. The average molecular weight is 378 g/mol. The van der Waals surface area contributed by atoms with Gasteiger partial charge in [0.2, 0.25) is 0 Å². The van der Waals surface area contributed by atoms with E-state index in [0.717, 1.165) is 12.3 Å². The molecule has 0 aromatic carbocycles. The topological polar surface area (TPSA) is 51.6 Å². The molecule has 142 valence electrons. The predicted octanol–water partition coefficient (Wildman–Crippen LogP) is 4.52. The minimum Gasteiger partial charge on any atom is -0.254 e. The minimum atomic E-state index is -4.63. The minimum absolute atomic E-state index is 0.00219. The van der Waals surface area contributed by atoms with Crippen LogP contribution in [0.5, 0.6) is 0 Å². The molecular weight excluding hydrogens is 362 g/mol. The van der Waals surface area contributed by atoms with E-state index in [4.69, 9.17) is 0 Å². The molecule has 0 fully saturated rings. The normalized spacial score (nSPS) is 13.7. The van der Waals surface area contributed by atoms with Crippen LogP contribution in [0.3, 0.4) is 0 Å². The zero-order valence-electron chi connectivity index (χ0n) is 14.2. The Balaban J connectivity index is 2.35. The number of halogens is 6. The summed E-state index contributed by atoms with van der Waals surface area (Å²) in [6, 6.07) is 0.898. The second kappa shape index (κ2) is 7.16. The number of aromatic nitrogens is 4. The summed E-state index contributed by atoms with van der Waals surface area (Å²) in [6.07, 6.45) is -8.34. The van der Waals surface area contributed by atoms with Crippen molar-refractivity contribution in [3.05, 3.63) is 46.3 Å². The molecule has 1 unspecified atom stereocenters. The molecule has 10 heteroatoms. The van der Waals surface area contributed by atoms with Gasteiger partial charge in [-0.3, -0.25) is 4.98 Å². The van der Waals surface area contributed by atoms with Gasteiger partial charge in [0.25, 0.3) is 0 Å². The van der Waals surface area contributed by atoms with Gasteiger partial charge in [0.15, 0.2) is 5.69 Å². The summed E-state index contributed by atoms with van der Waals surface area (Å²) in [7, 11) is 0. The molecule has 0 bridgehead atoms. The molecule has 0 N–H and O–H groups in total. The van der Waals surface area contributed by atoms with E-state index in [-0.39, 0.29) is 35.6 Å². The van der Waals surface area contributed by atoms with Gasteiger partial charge in [0.1, 0.15) is 0 Å². The number of hydrogen-bond acceptors (Lipinski definition) is 4. The van der Waals surface area contributed by atoms with E-state index in [1.54, 1.807) is 0 Å². The lowest BCUT2D eigenvalue weighted by Gasteiger charge is -2.17. The van der Waals surface area contributed by atoms with Crippen molar-refractivity contribution in [2.75, 3.05) is 0 Å². The Hall–Kier alpha value is -2.26. The van der Waals surface area contributed by atoms with E-state index >= 15 is 0 Å². The lowest BCUT2D eigenvalue weighted by molar-refractivity contribution is -0.142. The van der Waals surface area contributed by atoms with Crippen LogP contribution >= 0.6 is 0 Å². The van der Waals surface area contributed by atoms with Crippen molar-refractivity contribution in [3.63, 3.8) is 0 Å². The highest BCUT2D eigenvalue weighted by atomic mass is 19.4. The van der Waals surface area contributed by atoms with E-state index in [0.29, 0.717) is 0 Å². The second-order valence-electron chi connectivity index (χ2n) is 5.90. The van der Waals surface area contributed by atoms with E-state index in [1.165, 1.54) is 20.8 Å². The van der Waals surface area contributed by atoms with Gasteiger partial charge in [0.05, 0.1) is 28.3 Å². The first kappa shape index (κ1) is 20.1. The maximum atomic E-state index is 13.2. The largest absolute Gasteiger partial charge is 0.435 e. The molecule has 0 spiro atoms. The van der Waals surface area contributed by atoms with Gasteiger partial charge in [-0.15, -0.1) is 0 Å². The van der Waals surface area contributed by atoms with Crippen LogP contribution in [0.2, 0.25) is 0 Å². The summed E-state index contributed by atoms with van der Waals surface area (Å²) < 4.78 is 78.2. The first-order chi connectivity index (χ1) is 11.9. The summed E-state index contributed by atoms with van der Waals surface area (Å²) in [5.41, 5.74) is -2.22. The van der Waals surface area contributed by atoms with Crippen LogP contribution in [0.15, 0.2) is 12.3 Å². The Bertz CT molecular complexity index is 785. The van der Waals surface area contributed by atoms with Crippen LogP contribution in [0, 0.1) is 6.92 Å². The zero-order valence-corrected chi connectivity index (χ0v) is 14.2. The Labute approximate surface area is 145 Å². The number of nitrogens with zero attached hydrogens (tertiary/aromatic N) is 4. The van der Waals surface area contributed by atoms with Crippen molar-refractivity contribution in [1.29, 1.82) is 0 Å². The first-order valence-electron chi connectivity index (χ1n) is 7.76. The molecule has 0 aliphatic heterocycles. The Morgan fingerprint density at radius 3 is 2.23 bits per heavy atom. The van der Waals surface area contributed by atoms with Gasteiger partial charge in [0, 0.05) is 12.1 Å². The van der Waals surface area contributed by atoms with E-state index in [2.05, 4.69) is 20.2 Å². The molecule has 0 aliphatic carbocycles.